The van der Waals surface area contributed by atoms with Gasteiger partial charge < -0.3 is 15.0 Å². The van der Waals surface area contributed by atoms with Gasteiger partial charge in [0, 0.05) is 19.2 Å². The maximum absolute atomic E-state index is 12.2. The number of benzene rings is 2. The van der Waals surface area contributed by atoms with E-state index in [0.717, 1.165) is 11.1 Å². The fourth-order valence-electron chi connectivity index (χ4n) is 2.69. The van der Waals surface area contributed by atoms with Crippen molar-refractivity contribution in [3.05, 3.63) is 71.3 Å². The maximum atomic E-state index is 12.2. The second kappa shape index (κ2) is 10.3. The molecule has 0 heterocycles. The van der Waals surface area contributed by atoms with Crippen molar-refractivity contribution in [3.8, 4) is 0 Å². The van der Waals surface area contributed by atoms with E-state index < -0.39 is 5.97 Å². The van der Waals surface area contributed by atoms with Gasteiger partial charge in [-0.05, 0) is 31.0 Å². The molecule has 28 heavy (non-hydrogen) atoms. The van der Waals surface area contributed by atoms with E-state index in [1.54, 1.807) is 24.1 Å². The van der Waals surface area contributed by atoms with Crippen molar-refractivity contribution in [1.82, 2.24) is 10.2 Å². The summed E-state index contributed by atoms with van der Waals surface area (Å²) in [5.74, 6) is -1.05. The normalized spacial score (nSPS) is 11.4. The van der Waals surface area contributed by atoms with E-state index in [9.17, 15) is 14.4 Å². The Hall–Kier alpha value is -3.15. The van der Waals surface area contributed by atoms with E-state index in [-0.39, 0.29) is 37.4 Å². The third kappa shape index (κ3) is 5.94. The van der Waals surface area contributed by atoms with Crippen LogP contribution in [0.25, 0.3) is 0 Å². The fourth-order valence-corrected chi connectivity index (χ4v) is 2.69. The molecule has 0 aliphatic rings. The molecule has 0 aliphatic heterocycles. The molecule has 0 aromatic heterocycles. The molecule has 0 aliphatic carbocycles. The minimum absolute atomic E-state index is 0.00283. The molecular weight excluding hydrogens is 356 g/mol. The minimum Gasteiger partial charge on any atom is -0.456 e. The smallest absolute Gasteiger partial charge is 0.308 e. The molecular formula is C22H26N2O4. The van der Waals surface area contributed by atoms with E-state index in [1.807, 2.05) is 56.3 Å². The van der Waals surface area contributed by atoms with E-state index >= 15 is 0 Å². The van der Waals surface area contributed by atoms with Crippen LogP contribution in [0, 0.1) is 6.92 Å². The molecule has 0 fully saturated rings. The molecule has 0 radical (unpaired) electrons. The number of ether oxygens (including phenoxy) is 1. The topological polar surface area (TPSA) is 75.7 Å². The van der Waals surface area contributed by atoms with Gasteiger partial charge in [0.25, 0.3) is 11.8 Å². The zero-order valence-corrected chi connectivity index (χ0v) is 16.5. The zero-order chi connectivity index (χ0) is 20.5. The summed E-state index contributed by atoms with van der Waals surface area (Å²) in [6, 6.07) is 16.7. The van der Waals surface area contributed by atoms with Crippen LogP contribution in [0.2, 0.25) is 0 Å². The van der Waals surface area contributed by atoms with Crippen LogP contribution >= 0.6 is 0 Å². The standard InChI is InChI=1S/C22H26N2O4/c1-16-9-7-8-12-19(16)22(27)23-14-13-21(26)28-15-20(25)24(3)17(2)18-10-5-4-6-11-18/h4-12,17H,13-15H2,1-3H3,(H,23,27). The van der Waals surface area contributed by atoms with Gasteiger partial charge in [-0.25, -0.2) is 0 Å². The van der Waals surface area contributed by atoms with Crippen LogP contribution < -0.4 is 5.32 Å². The Morgan fingerprint density at radius 1 is 1.04 bits per heavy atom. The van der Waals surface area contributed by atoms with Crippen LogP contribution in [0.1, 0.15) is 40.9 Å². The Bertz CT molecular complexity index is 820. The van der Waals surface area contributed by atoms with Crippen molar-refractivity contribution in [2.45, 2.75) is 26.3 Å². The summed E-state index contributed by atoms with van der Waals surface area (Å²) in [6.45, 7) is 3.59. The average Bonchev–Trinajstić information content (AvgIpc) is 2.71. The number of esters is 1. The van der Waals surface area contributed by atoms with E-state index in [0.29, 0.717) is 5.56 Å². The van der Waals surface area contributed by atoms with Crippen LogP contribution in [-0.2, 0) is 14.3 Å². The molecule has 1 unspecified atom stereocenters. The summed E-state index contributed by atoms with van der Waals surface area (Å²) in [4.78, 5) is 37.7. The lowest BCUT2D eigenvalue weighted by atomic mass is 10.1. The number of carbonyl (C=O) groups is 3. The number of carbonyl (C=O) groups excluding carboxylic acids is 3. The number of amides is 2. The predicted octanol–water partition coefficient (Wildman–Crippen LogP) is 2.88. The Labute approximate surface area is 165 Å². The molecule has 0 saturated heterocycles. The summed E-state index contributed by atoms with van der Waals surface area (Å²) in [7, 11) is 1.68. The summed E-state index contributed by atoms with van der Waals surface area (Å²) >= 11 is 0. The number of likely N-dealkylation sites (N-methyl/N-ethyl adjacent to an activating group) is 1. The molecule has 2 amide bonds. The van der Waals surface area contributed by atoms with Gasteiger partial charge in [0.05, 0.1) is 12.5 Å². The van der Waals surface area contributed by atoms with E-state index in [2.05, 4.69) is 5.32 Å². The largest absolute Gasteiger partial charge is 0.456 e. The second-order valence-corrected chi connectivity index (χ2v) is 6.57. The van der Waals surface area contributed by atoms with Gasteiger partial charge >= 0.3 is 5.97 Å². The summed E-state index contributed by atoms with van der Waals surface area (Å²) in [5.41, 5.74) is 2.44. The van der Waals surface area contributed by atoms with Gasteiger partial charge in [-0.15, -0.1) is 0 Å². The van der Waals surface area contributed by atoms with E-state index in [1.165, 1.54) is 0 Å². The lowest BCUT2D eigenvalue weighted by molar-refractivity contribution is -0.152. The van der Waals surface area contributed by atoms with Gasteiger partial charge in [-0.3, -0.25) is 14.4 Å². The van der Waals surface area contributed by atoms with Crippen LogP contribution in [0.4, 0.5) is 0 Å². The summed E-state index contributed by atoms with van der Waals surface area (Å²) in [5, 5.41) is 2.69. The number of hydrogen-bond acceptors (Lipinski definition) is 4. The van der Waals surface area contributed by atoms with Gasteiger partial charge in [0.2, 0.25) is 0 Å². The number of rotatable bonds is 8. The summed E-state index contributed by atoms with van der Waals surface area (Å²) in [6.07, 6.45) is 0.00283. The second-order valence-electron chi connectivity index (χ2n) is 6.57. The van der Waals surface area contributed by atoms with Gasteiger partial charge in [0.15, 0.2) is 6.61 Å². The fraction of sp³-hybridized carbons (Fsp3) is 0.318. The molecule has 6 heteroatoms. The highest BCUT2D eigenvalue weighted by atomic mass is 16.5. The number of hydrogen-bond donors (Lipinski definition) is 1. The van der Waals surface area contributed by atoms with Crippen LogP contribution in [-0.4, -0.2) is 42.9 Å². The van der Waals surface area contributed by atoms with Gasteiger partial charge in [-0.2, -0.15) is 0 Å². The van der Waals surface area contributed by atoms with Crippen molar-refractivity contribution in [2.75, 3.05) is 20.2 Å². The lowest BCUT2D eigenvalue weighted by Gasteiger charge is -2.25. The number of aryl methyl sites for hydroxylation is 1. The van der Waals surface area contributed by atoms with Crippen molar-refractivity contribution < 1.29 is 19.1 Å². The first-order valence-electron chi connectivity index (χ1n) is 9.20. The molecule has 0 bridgehead atoms. The third-order valence-corrected chi connectivity index (χ3v) is 4.62. The SMILES string of the molecule is Cc1ccccc1C(=O)NCCC(=O)OCC(=O)N(C)C(C)c1ccccc1. The van der Waals surface area contributed by atoms with Crippen molar-refractivity contribution in [2.24, 2.45) is 0 Å². The highest BCUT2D eigenvalue weighted by Gasteiger charge is 2.18. The van der Waals surface area contributed by atoms with E-state index in [4.69, 9.17) is 4.74 Å². The Balaban J connectivity index is 1.72. The van der Waals surface area contributed by atoms with Crippen molar-refractivity contribution >= 4 is 17.8 Å². The molecule has 0 spiro atoms. The molecule has 0 saturated carbocycles. The Kier molecular flexibility index (Phi) is 7.75. The van der Waals surface area contributed by atoms with Crippen LogP contribution in [0.3, 0.4) is 0 Å². The molecule has 1 atom stereocenters. The number of nitrogens with zero attached hydrogens (tertiary/aromatic N) is 1. The van der Waals surface area contributed by atoms with Gasteiger partial charge in [-0.1, -0.05) is 48.5 Å². The highest BCUT2D eigenvalue weighted by molar-refractivity contribution is 5.95. The predicted molar refractivity (Wildman–Crippen MR) is 107 cm³/mol. The van der Waals surface area contributed by atoms with Crippen LogP contribution in [0.5, 0.6) is 0 Å². The maximum Gasteiger partial charge on any atom is 0.308 e. The molecule has 6 nitrogen and oxygen atoms in total. The minimum atomic E-state index is -0.529. The molecule has 148 valence electrons. The first kappa shape index (κ1) is 21.2. The highest BCUT2D eigenvalue weighted by Crippen LogP contribution is 2.18. The molecule has 2 aromatic carbocycles. The zero-order valence-electron chi connectivity index (χ0n) is 16.5. The Morgan fingerprint density at radius 2 is 1.68 bits per heavy atom. The number of nitrogens with one attached hydrogen (secondary N) is 1. The third-order valence-electron chi connectivity index (χ3n) is 4.62. The monoisotopic (exact) mass is 382 g/mol. The van der Waals surface area contributed by atoms with Crippen molar-refractivity contribution in [1.29, 1.82) is 0 Å². The first-order valence-corrected chi connectivity index (χ1v) is 9.20. The lowest BCUT2D eigenvalue weighted by Crippen LogP contribution is -2.34. The van der Waals surface area contributed by atoms with Gasteiger partial charge in [0.1, 0.15) is 0 Å². The quantitative estimate of drug-likeness (QED) is 0.713. The van der Waals surface area contributed by atoms with Crippen LogP contribution in [0.15, 0.2) is 54.6 Å². The molecule has 2 rings (SSSR count). The Morgan fingerprint density at radius 3 is 2.36 bits per heavy atom. The van der Waals surface area contributed by atoms with Crippen molar-refractivity contribution in [3.63, 3.8) is 0 Å². The molecule has 2 aromatic rings. The summed E-state index contributed by atoms with van der Waals surface area (Å²) < 4.78 is 5.04. The molecule has 1 N–H and O–H groups in total. The average molecular weight is 382 g/mol. The first-order chi connectivity index (χ1) is 13.4.